The van der Waals surface area contributed by atoms with Gasteiger partial charge in [0.25, 0.3) is 0 Å². The Hall–Kier alpha value is -1.47. The molecular formula is C15H22O5Si. The predicted octanol–water partition coefficient (Wildman–Crippen LogP) is 2.34. The van der Waals surface area contributed by atoms with E-state index in [0.717, 1.165) is 23.6 Å². The molecule has 0 aliphatic rings. The van der Waals surface area contributed by atoms with E-state index in [-0.39, 0.29) is 6.61 Å². The van der Waals surface area contributed by atoms with Crippen molar-refractivity contribution in [2.75, 3.05) is 21.3 Å². The Kier molecular flexibility index (Phi) is 7.31. The SMILES string of the molecule is C=CC(=O)OCc1ccc(CC[Si](OC)(OC)OC)cc1. The summed E-state index contributed by atoms with van der Waals surface area (Å²) in [6.45, 7) is 3.60. The lowest BCUT2D eigenvalue weighted by molar-refractivity contribution is -0.138. The van der Waals surface area contributed by atoms with Crippen molar-refractivity contribution in [1.82, 2.24) is 0 Å². The van der Waals surface area contributed by atoms with Crippen molar-refractivity contribution in [1.29, 1.82) is 0 Å². The molecule has 0 N–H and O–H groups in total. The quantitative estimate of drug-likeness (QED) is 0.398. The van der Waals surface area contributed by atoms with Crippen LogP contribution in [0.5, 0.6) is 0 Å². The second-order valence-electron chi connectivity index (χ2n) is 4.42. The zero-order valence-corrected chi connectivity index (χ0v) is 13.8. The Morgan fingerprint density at radius 1 is 1.10 bits per heavy atom. The summed E-state index contributed by atoms with van der Waals surface area (Å²) in [5.74, 6) is -0.421. The Labute approximate surface area is 126 Å². The summed E-state index contributed by atoms with van der Waals surface area (Å²) in [4.78, 5) is 11.0. The van der Waals surface area contributed by atoms with Crippen LogP contribution < -0.4 is 0 Å². The fraction of sp³-hybridized carbons (Fsp3) is 0.400. The molecule has 0 atom stereocenters. The molecular weight excluding hydrogens is 288 g/mol. The van der Waals surface area contributed by atoms with E-state index >= 15 is 0 Å². The van der Waals surface area contributed by atoms with Gasteiger partial charge in [-0.1, -0.05) is 30.8 Å². The molecule has 0 aromatic heterocycles. The first-order valence-corrected chi connectivity index (χ1v) is 8.54. The summed E-state index contributed by atoms with van der Waals surface area (Å²) in [6.07, 6.45) is 1.95. The number of aryl methyl sites for hydroxylation is 1. The lowest BCUT2D eigenvalue weighted by atomic mass is 10.1. The summed E-state index contributed by atoms with van der Waals surface area (Å²) in [6, 6.07) is 8.57. The topological polar surface area (TPSA) is 54.0 Å². The standard InChI is InChI=1S/C15H22O5Si/c1-5-15(16)20-12-14-8-6-13(7-9-14)10-11-21(17-2,18-3)19-4/h5-9H,1,10-12H2,2-4H3. The number of ether oxygens (including phenoxy) is 1. The monoisotopic (exact) mass is 310 g/mol. The van der Waals surface area contributed by atoms with Gasteiger partial charge in [0, 0.05) is 33.4 Å². The van der Waals surface area contributed by atoms with Gasteiger partial charge in [-0.15, -0.1) is 0 Å². The van der Waals surface area contributed by atoms with Crippen LogP contribution in [0.1, 0.15) is 11.1 Å². The normalized spacial score (nSPS) is 11.2. The molecule has 0 spiro atoms. The maximum absolute atomic E-state index is 11.0. The zero-order chi connectivity index (χ0) is 15.7. The van der Waals surface area contributed by atoms with Crippen LogP contribution in [0.4, 0.5) is 0 Å². The van der Waals surface area contributed by atoms with Gasteiger partial charge in [0.05, 0.1) is 0 Å². The molecule has 0 saturated heterocycles. The van der Waals surface area contributed by atoms with Gasteiger partial charge in [0.2, 0.25) is 0 Å². The smallest absolute Gasteiger partial charge is 0.458 e. The fourth-order valence-electron chi connectivity index (χ4n) is 1.87. The average Bonchev–Trinajstić information content (AvgIpc) is 2.55. The van der Waals surface area contributed by atoms with Crippen molar-refractivity contribution >= 4 is 14.8 Å². The zero-order valence-electron chi connectivity index (χ0n) is 12.8. The highest BCUT2D eigenvalue weighted by atomic mass is 28.4. The van der Waals surface area contributed by atoms with E-state index in [2.05, 4.69) is 6.58 Å². The highest BCUT2D eigenvalue weighted by molar-refractivity contribution is 6.60. The van der Waals surface area contributed by atoms with Crippen LogP contribution in [0.15, 0.2) is 36.9 Å². The number of esters is 1. The summed E-state index contributed by atoms with van der Waals surface area (Å²) in [7, 11) is 2.29. The van der Waals surface area contributed by atoms with E-state index in [9.17, 15) is 4.79 Å². The number of carbonyl (C=O) groups is 1. The van der Waals surface area contributed by atoms with E-state index in [1.165, 1.54) is 0 Å². The third kappa shape index (κ3) is 5.43. The van der Waals surface area contributed by atoms with Gasteiger partial charge < -0.3 is 18.0 Å². The van der Waals surface area contributed by atoms with Gasteiger partial charge in [0.1, 0.15) is 6.61 Å². The second kappa shape index (κ2) is 8.73. The summed E-state index contributed by atoms with van der Waals surface area (Å²) in [5, 5.41) is 0. The van der Waals surface area contributed by atoms with Gasteiger partial charge in [-0.3, -0.25) is 0 Å². The summed E-state index contributed by atoms with van der Waals surface area (Å²) >= 11 is 0. The van der Waals surface area contributed by atoms with Gasteiger partial charge in [-0.05, 0) is 17.5 Å². The fourth-order valence-corrected chi connectivity index (χ4v) is 3.58. The van der Waals surface area contributed by atoms with Gasteiger partial charge >= 0.3 is 14.8 Å². The molecule has 0 fully saturated rings. The number of rotatable bonds is 9. The Balaban J connectivity index is 2.54. The molecule has 0 aliphatic heterocycles. The second-order valence-corrected chi connectivity index (χ2v) is 7.51. The highest BCUT2D eigenvalue weighted by Gasteiger charge is 2.37. The first-order chi connectivity index (χ1) is 10.1. The third-order valence-corrected chi connectivity index (χ3v) is 5.95. The molecule has 116 valence electrons. The highest BCUT2D eigenvalue weighted by Crippen LogP contribution is 2.17. The number of hydrogen-bond acceptors (Lipinski definition) is 5. The lowest BCUT2D eigenvalue weighted by Gasteiger charge is -2.24. The molecule has 5 nitrogen and oxygen atoms in total. The van der Waals surface area contributed by atoms with Crippen LogP contribution in [-0.2, 0) is 35.8 Å². The van der Waals surface area contributed by atoms with E-state index in [4.69, 9.17) is 18.0 Å². The van der Waals surface area contributed by atoms with Crippen molar-refractivity contribution < 1.29 is 22.8 Å². The van der Waals surface area contributed by atoms with Crippen LogP contribution in [0, 0.1) is 0 Å². The minimum atomic E-state index is -2.53. The molecule has 0 bridgehead atoms. The minimum absolute atomic E-state index is 0.248. The van der Waals surface area contributed by atoms with E-state index in [0.29, 0.717) is 6.04 Å². The Morgan fingerprint density at radius 3 is 2.10 bits per heavy atom. The molecule has 0 heterocycles. The number of benzene rings is 1. The lowest BCUT2D eigenvalue weighted by Crippen LogP contribution is -2.43. The maximum atomic E-state index is 11.0. The molecule has 6 heteroatoms. The molecule has 0 unspecified atom stereocenters. The van der Waals surface area contributed by atoms with Crippen molar-refractivity contribution in [2.45, 2.75) is 19.1 Å². The minimum Gasteiger partial charge on any atom is -0.458 e. The molecule has 1 rings (SSSR count). The first kappa shape index (κ1) is 17.6. The maximum Gasteiger partial charge on any atom is 0.500 e. The number of hydrogen-bond donors (Lipinski definition) is 0. The third-order valence-electron chi connectivity index (χ3n) is 3.22. The Morgan fingerprint density at radius 2 is 1.62 bits per heavy atom. The summed E-state index contributed by atoms with van der Waals surface area (Å²) < 4.78 is 21.1. The van der Waals surface area contributed by atoms with Crippen molar-refractivity contribution in [3.8, 4) is 0 Å². The molecule has 0 radical (unpaired) electrons. The van der Waals surface area contributed by atoms with Crippen LogP contribution in [0.25, 0.3) is 0 Å². The average molecular weight is 310 g/mol. The van der Waals surface area contributed by atoms with Gasteiger partial charge in [-0.2, -0.15) is 0 Å². The van der Waals surface area contributed by atoms with E-state index in [1.54, 1.807) is 21.3 Å². The van der Waals surface area contributed by atoms with E-state index in [1.807, 2.05) is 24.3 Å². The largest absolute Gasteiger partial charge is 0.500 e. The molecule has 1 aromatic carbocycles. The molecule has 21 heavy (non-hydrogen) atoms. The van der Waals surface area contributed by atoms with Gasteiger partial charge in [-0.25, -0.2) is 4.79 Å². The van der Waals surface area contributed by atoms with Gasteiger partial charge in [0.15, 0.2) is 0 Å². The van der Waals surface area contributed by atoms with Crippen LogP contribution in [-0.4, -0.2) is 36.1 Å². The van der Waals surface area contributed by atoms with E-state index < -0.39 is 14.8 Å². The Bertz CT molecular complexity index is 445. The van der Waals surface area contributed by atoms with Crippen molar-refractivity contribution in [2.24, 2.45) is 0 Å². The van der Waals surface area contributed by atoms with Crippen LogP contribution in [0.3, 0.4) is 0 Å². The first-order valence-electron chi connectivity index (χ1n) is 6.61. The number of carbonyl (C=O) groups excluding carboxylic acids is 1. The molecule has 0 amide bonds. The molecule has 0 saturated carbocycles. The molecule has 1 aromatic rings. The van der Waals surface area contributed by atoms with Crippen molar-refractivity contribution in [3.63, 3.8) is 0 Å². The summed E-state index contributed by atoms with van der Waals surface area (Å²) in [5.41, 5.74) is 2.08. The predicted molar refractivity (Wildman–Crippen MR) is 81.7 cm³/mol. The van der Waals surface area contributed by atoms with Crippen LogP contribution in [0.2, 0.25) is 6.04 Å². The van der Waals surface area contributed by atoms with Crippen LogP contribution >= 0.6 is 0 Å². The molecule has 0 aliphatic carbocycles. The van der Waals surface area contributed by atoms with Crippen molar-refractivity contribution in [3.05, 3.63) is 48.0 Å².